The zero-order chi connectivity index (χ0) is 17.7. The van der Waals surface area contributed by atoms with Crippen LogP contribution in [0.4, 0.5) is 5.69 Å². The quantitative estimate of drug-likeness (QED) is 0.255. The molecule has 1 rings (SSSR count). The monoisotopic (exact) mass is 401 g/mol. The molecule has 0 radical (unpaired) electrons. The number of ether oxygens (including phenoxy) is 1. The third-order valence-electron chi connectivity index (χ3n) is 4.54. The maximum absolute atomic E-state index is 6.53. The minimum absolute atomic E-state index is 0.0166. The fraction of sp³-hybridized carbons (Fsp3) is 0.667. The van der Waals surface area contributed by atoms with Crippen molar-refractivity contribution >= 4 is 29.9 Å². The number of nitrogen functional groups attached to an aromatic ring is 1. The van der Waals surface area contributed by atoms with E-state index in [9.17, 15) is 0 Å². The van der Waals surface area contributed by atoms with Gasteiger partial charge in [0.15, 0.2) is 8.32 Å². The molecule has 2 N–H and O–H groups in total. The lowest BCUT2D eigenvalue weighted by Gasteiger charge is -2.39. The predicted octanol–water partition coefficient (Wildman–Crippen LogP) is 5.91. The van der Waals surface area contributed by atoms with Crippen LogP contribution >= 0.6 is 15.9 Å². The number of hydrogen-bond acceptors (Lipinski definition) is 3. The third kappa shape index (κ3) is 5.80. The second-order valence-corrected chi connectivity index (χ2v) is 12.9. The van der Waals surface area contributed by atoms with Gasteiger partial charge in [-0.3, -0.25) is 0 Å². The van der Waals surface area contributed by atoms with Gasteiger partial charge in [-0.25, -0.2) is 0 Å². The minimum Gasteiger partial charge on any atom is -0.491 e. The molecule has 3 nitrogen and oxygen atoms in total. The molecular weight excluding hydrogens is 370 g/mol. The number of anilines is 1. The Morgan fingerprint density at radius 1 is 1.26 bits per heavy atom. The van der Waals surface area contributed by atoms with Crippen molar-refractivity contribution in [2.45, 2.75) is 64.8 Å². The van der Waals surface area contributed by atoms with Crippen LogP contribution in [0.2, 0.25) is 18.1 Å². The summed E-state index contributed by atoms with van der Waals surface area (Å²) >= 11 is 3.59. The van der Waals surface area contributed by atoms with Gasteiger partial charge in [-0.15, -0.1) is 0 Å². The number of benzene rings is 1. The molecule has 0 saturated carbocycles. The van der Waals surface area contributed by atoms with Crippen LogP contribution < -0.4 is 10.5 Å². The molecule has 0 aliphatic heterocycles. The van der Waals surface area contributed by atoms with E-state index in [1.165, 1.54) is 0 Å². The second-order valence-electron chi connectivity index (χ2n) is 7.52. The van der Waals surface area contributed by atoms with Crippen molar-refractivity contribution in [3.05, 3.63) is 23.8 Å². The van der Waals surface area contributed by atoms with Crippen LogP contribution in [0.15, 0.2) is 18.2 Å². The summed E-state index contributed by atoms with van der Waals surface area (Å²) in [7, 11) is -1.83. The van der Waals surface area contributed by atoms with E-state index in [2.05, 4.69) is 62.8 Å². The molecule has 1 atom stereocenters. The SMILES string of the molecule is CCCCOc1ccc([C@H](CBr)O[Si](C)(C)C(C)(C)C)cc1N. The summed E-state index contributed by atoms with van der Waals surface area (Å²) < 4.78 is 12.3. The van der Waals surface area contributed by atoms with Gasteiger partial charge in [0.2, 0.25) is 0 Å². The molecule has 5 heteroatoms. The Kier molecular flexibility index (Phi) is 7.62. The van der Waals surface area contributed by atoms with Crippen LogP contribution in [0, 0.1) is 0 Å². The third-order valence-corrected chi connectivity index (χ3v) is 9.62. The Bertz CT molecular complexity index is 500. The molecule has 0 saturated heterocycles. The van der Waals surface area contributed by atoms with E-state index in [0.29, 0.717) is 12.3 Å². The summed E-state index contributed by atoms with van der Waals surface area (Å²) in [6, 6.07) is 6.02. The van der Waals surface area contributed by atoms with Crippen molar-refractivity contribution in [3.63, 3.8) is 0 Å². The van der Waals surface area contributed by atoms with E-state index in [1.807, 2.05) is 12.1 Å². The fourth-order valence-electron chi connectivity index (χ4n) is 1.95. The number of halogens is 1. The van der Waals surface area contributed by atoms with Crippen LogP contribution in [-0.4, -0.2) is 20.3 Å². The van der Waals surface area contributed by atoms with Crippen molar-refractivity contribution in [2.75, 3.05) is 17.7 Å². The topological polar surface area (TPSA) is 44.5 Å². The maximum atomic E-state index is 6.53. The normalized spacial score (nSPS) is 13.9. The Hall–Kier alpha value is -0.523. The van der Waals surface area contributed by atoms with Crippen LogP contribution in [0.5, 0.6) is 5.75 Å². The number of alkyl halides is 1. The van der Waals surface area contributed by atoms with Crippen LogP contribution in [0.25, 0.3) is 0 Å². The first-order valence-electron chi connectivity index (χ1n) is 8.38. The summed E-state index contributed by atoms with van der Waals surface area (Å²) in [5.41, 5.74) is 7.95. The highest BCUT2D eigenvalue weighted by molar-refractivity contribution is 9.09. The van der Waals surface area contributed by atoms with Gasteiger partial charge in [0.05, 0.1) is 18.4 Å². The highest BCUT2D eigenvalue weighted by Gasteiger charge is 2.39. The molecule has 1 aromatic carbocycles. The summed E-state index contributed by atoms with van der Waals surface area (Å²) in [4.78, 5) is 0. The molecule has 0 aromatic heterocycles. The molecule has 0 spiro atoms. The molecule has 0 bridgehead atoms. The second kappa shape index (κ2) is 8.54. The van der Waals surface area contributed by atoms with Crippen molar-refractivity contribution in [2.24, 2.45) is 0 Å². The predicted molar refractivity (Wildman–Crippen MR) is 106 cm³/mol. The van der Waals surface area contributed by atoms with Gasteiger partial charge in [0.25, 0.3) is 0 Å². The Labute approximate surface area is 151 Å². The molecule has 0 aliphatic carbocycles. The lowest BCUT2D eigenvalue weighted by atomic mass is 10.1. The van der Waals surface area contributed by atoms with Crippen molar-refractivity contribution in [3.8, 4) is 5.75 Å². The number of hydrogen-bond donors (Lipinski definition) is 1. The summed E-state index contributed by atoms with van der Waals surface area (Å²) in [5.74, 6) is 0.767. The zero-order valence-electron chi connectivity index (χ0n) is 15.4. The standard InChI is InChI=1S/C18H32BrNO2Si/c1-7-8-11-21-16-10-9-14(12-15(16)20)17(13-19)22-23(5,6)18(2,3)4/h9-10,12,17H,7-8,11,13,20H2,1-6H3/t17-/m0/s1. The lowest BCUT2D eigenvalue weighted by molar-refractivity contribution is 0.208. The first-order chi connectivity index (χ1) is 10.6. The average Bonchev–Trinajstić information content (AvgIpc) is 2.45. The van der Waals surface area contributed by atoms with Gasteiger partial charge in [-0.2, -0.15) is 0 Å². The molecule has 0 fully saturated rings. The average molecular weight is 402 g/mol. The number of rotatable bonds is 8. The highest BCUT2D eigenvalue weighted by Crippen LogP contribution is 2.40. The van der Waals surface area contributed by atoms with Gasteiger partial charge < -0.3 is 14.9 Å². The van der Waals surface area contributed by atoms with Crippen molar-refractivity contribution in [1.82, 2.24) is 0 Å². The molecule has 132 valence electrons. The van der Waals surface area contributed by atoms with E-state index in [0.717, 1.165) is 29.5 Å². The largest absolute Gasteiger partial charge is 0.491 e. The first-order valence-corrected chi connectivity index (χ1v) is 12.4. The van der Waals surface area contributed by atoms with Crippen LogP contribution in [-0.2, 0) is 4.43 Å². The van der Waals surface area contributed by atoms with Gasteiger partial charge in [-0.1, -0.05) is 56.1 Å². The van der Waals surface area contributed by atoms with Crippen molar-refractivity contribution < 1.29 is 9.16 Å². The van der Waals surface area contributed by atoms with Crippen molar-refractivity contribution in [1.29, 1.82) is 0 Å². The molecule has 23 heavy (non-hydrogen) atoms. The smallest absolute Gasteiger partial charge is 0.192 e. The van der Waals surface area contributed by atoms with E-state index >= 15 is 0 Å². The Morgan fingerprint density at radius 3 is 2.39 bits per heavy atom. The molecular formula is C18H32BrNO2Si. The highest BCUT2D eigenvalue weighted by atomic mass is 79.9. The Balaban J connectivity index is 2.89. The van der Waals surface area contributed by atoms with E-state index in [-0.39, 0.29) is 11.1 Å². The van der Waals surface area contributed by atoms with Gasteiger partial charge in [0, 0.05) is 5.33 Å². The van der Waals surface area contributed by atoms with Gasteiger partial charge in [-0.05, 0) is 42.2 Å². The molecule has 0 amide bonds. The fourth-order valence-corrected chi connectivity index (χ4v) is 3.98. The molecule has 0 aliphatic rings. The van der Waals surface area contributed by atoms with Crippen LogP contribution in [0.3, 0.4) is 0 Å². The maximum Gasteiger partial charge on any atom is 0.192 e. The van der Waals surface area contributed by atoms with Gasteiger partial charge >= 0.3 is 0 Å². The number of nitrogens with two attached hydrogens (primary N) is 1. The van der Waals surface area contributed by atoms with Gasteiger partial charge in [0.1, 0.15) is 5.75 Å². The molecule has 0 heterocycles. The van der Waals surface area contributed by atoms with E-state index in [1.54, 1.807) is 0 Å². The summed E-state index contributed by atoms with van der Waals surface area (Å²) in [5, 5.41) is 0.942. The summed E-state index contributed by atoms with van der Waals surface area (Å²) in [6.45, 7) is 14.2. The lowest BCUT2D eigenvalue weighted by Crippen LogP contribution is -2.42. The van der Waals surface area contributed by atoms with E-state index < -0.39 is 8.32 Å². The number of unbranched alkanes of at least 4 members (excludes halogenated alkanes) is 1. The van der Waals surface area contributed by atoms with Crippen LogP contribution in [0.1, 0.15) is 52.2 Å². The minimum atomic E-state index is -1.83. The first kappa shape index (κ1) is 20.5. The summed E-state index contributed by atoms with van der Waals surface area (Å²) in [6.07, 6.45) is 2.17. The van der Waals surface area contributed by atoms with E-state index in [4.69, 9.17) is 14.9 Å². The molecule has 0 unspecified atom stereocenters. The zero-order valence-corrected chi connectivity index (χ0v) is 18.0. The molecule has 1 aromatic rings. The Morgan fingerprint density at radius 2 is 1.91 bits per heavy atom.